The maximum atomic E-state index is 12.8. The van der Waals surface area contributed by atoms with Gasteiger partial charge in [0.2, 0.25) is 5.91 Å². The van der Waals surface area contributed by atoms with Crippen LogP contribution in [-0.2, 0) is 4.79 Å². The van der Waals surface area contributed by atoms with Crippen LogP contribution in [0.15, 0.2) is 0 Å². The van der Waals surface area contributed by atoms with Crippen molar-refractivity contribution in [1.29, 1.82) is 0 Å². The second kappa shape index (κ2) is 6.71. The summed E-state index contributed by atoms with van der Waals surface area (Å²) in [5.41, 5.74) is 5.09. The first kappa shape index (κ1) is 18.4. The van der Waals surface area contributed by atoms with Crippen LogP contribution in [0, 0.1) is 11.3 Å². The van der Waals surface area contributed by atoms with Crippen molar-refractivity contribution in [3.8, 4) is 0 Å². The van der Waals surface area contributed by atoms with E-state index in [1.54, 1.807) is 0 Å². The topological polar surface area (TPSA) is 49.6 Å². The minimum atomic E-state index is -0.561. The summed E-state index contributed by atoms with van der Waals surface area (Å²) in [5, 5.41) is 0. The zero-order valence-corrected chi connectivity index (χ0v) is 14.1. The summed E-state index contributed by atoms with van der Waals surface area (Å²) in [6.07, 6.45) is 0. The lowest BCUT2D eigenvalue weighted by atomic mass is 9.74. The van der Waals surface area contributed by atoms with Gasteiger partial charge in [-0.25, -0.2) is 0 Å². The van der Waals surface area contributed by atoms with E-state index in [2.05, 4.69) is 18.7 Å². The number of amides is 1. The highest BCUT2D eigenvalue weighted by atomic mass is 16.2. The standard InChI is InChI=1S/C15H33N3O/c1-12(2)11-18(10-9-17(7)8)13(19)14(3,4)15(5,6)16/h12H,9-11,16H2,1-8H3. The van der Waals surface area contributed by atoms with Crippen molar-refractivity contribution in [2.45, 2.75) is 47.1 Å². The van der Waals surface area contributed by atoms with Crippen LogP contribution in [0.2, 0.25) is 0 Å². The van der Waals surface area contributed by atoms with Crippen LogP contribution in [0.5, 0.6) is 0 Å². The average molecular weight is 271 g/mol. The van der Waals surface area contributed by atoms with Gasteiger partial charge in [-0.1, -0.05) is 13.8 Å². The van der Waals surface area contributed by atoms with Gasteiger partial charge in [-0.3, -0.25) is 4.79 Å². The van der Waals surface area contributed by atoms with Gasteiger partial charge in [-0.15, -0.1) is 0 Å². The molecule has 0 fully saturated rings. The average Bonchev–Trinajstić information content (AvgIpc) is 2.20. The smallest absolute Gasteiger partial charge is 0.230 e. The second-order valence-corrected chi connectivity index (χ2v) is 7.29. The molecule has 2 N–H and O–H groups in total. The lowest BCUT2D eigenvalue weighted by molar-refractivity contribution is -0.144. The predicted octanol–water partition coefficient (Wildman–Crippen LogP) is 1.80. The molecule has 0 aromatic carbocycles. The van der Waals surface area contributed by atoms with E-state index in [9.17, 15) is 4.79 Å². The zero-order valence-electron chi connectivity index (χ0n) is 14.1. The highest BCUT2D eigenvalue weighted by molar-refractivity contribution is 5.83. The van der Waals surface area contributed by atoms with Gasteiger partial charge < -0.3 is 15.5 Å². The molecule has 4 heteroatoms. The summed E-state index contributed by atoms with van der Waals surface area (Å²) in [5.74, 6) is 0.610. The van der Waals surface area contributed by atoms with E-state index in [0.29, 0.717) is 5.92 Å². The van der Waals surface area contributed by atoms with E-state index in [4.69, 9.17) is 5.73 Å². The number of rotatable bonds is 7. The molecule has 0 aliphatic rings. The monoisotopic (exact) mass is 271 g/mol. The molecule has 0 aromatic rings. The van der Waals surface area contributed by atoms with Gasteiger partial charge in [-0.2, -0.15) is 0 Å². The molecule has 0 aliphatic carbocycles. The van der Waals surface area contributed by atoms with Crippen LogP contribution in [0.4, 0.5) is 0 Å². The van der Waals surface area contributed by atoms with Gasteiger partial charge >= 0.3 is 0 Å². The van der Waals surface area contributed by atoms with Crippen LogP contribution in [0.25, 0.3) is 0 Å². The molecule has 0 saturated heterocycles. The Morgan fingerprint density at radius 2 is 1.58 bits per heavy atom. The lowest BCUT2D eigenvalue weighted by Crippen LogP contribution is -2.57. The highest BCUT2D eigenvalue weighted by Crippen LogP contribution is 2.30. The molecule has 0 rings (SSSR count). The molecular weight excluding hydrogens is 238 g/mol. The fourth-order valence-corrected chi connectivity index (χ4v) is 1.71. The number of likely N-dealkylation sites (N-methyl/N-ethyl adjacent to an activating group) is 1. The second-order valence-electron chi connectivity index (χ2n) is 7.29. The number of nitrogens with two attached hydrogens (primary N) is 1. The van der Waals surface area contributed by atoms with E-state index in [0.717, 1.165) is 19.6 Å². The Bertz CT molecular complexity index is 290. The van der Waals surface area contributed by atoms with Crippen LogP contribution < -0.4 is 5.73 Å². The molecule has 19 heavy (non-hydrogen) atoms. The van der Waals surface area contributed by atoms with E-state index >= 15 is 0 Å². The molecule has 0 bridgehead atoms. The molecule has 0 aliphatic heterocycles. The molecule has 0 aromatic heterocycles. The maximum Gasteiger partial charge on any atom is 0.230 e. The molecule has 4 nitrogen and oxygen atoms in total. The summed E-state index contributed by atoms with van der Waals surface area (Å²) in [6, 6.07) is 0. The van der Waals surface area contributed by atoms with Crippen molar-refractivity contribution in [1.82, 2.24) is 9.80 Å². The number of nitrogens with zero attached hydrogens (tertiary/aromatic N) is 2. The van der Waals surface area contributed by atoms with Gasteiger partial charge in [0.25, 0.3) is 0 Å². The number of carbonyl (C=O) groups is 1. The quantitative estimate of drug-likeness (QED) is 0.768. The number of hydrogen-bond acceptors (Lipinski definition) is 3. The minimum Gasteiger partial charge on any atom is -0.341 e. The largest absolute Gasteiger partial charge is 0.341 e. The third-order valence-electron chi connectivity index (χ3n) is 3.84. The van der Waals surface area contributed by atoms with Crippen LogP contribution >= 0.6 is 0 Å². The van der Waals surface area contributed by atoms with Crippen molar-refractivity contribution >= 4 is 5.91 Å². The van der Waals surface area contributed by atoms with Crippen LogP contribution in [0.1, 0.15) is 41.5 Å². The maximum absolute atomic E-state index is 12.8. The van der Waals surface area contributed by atoms with Gasteiger partial charge in [0, 0.05) is 25.2 Å². The first-order chi connectivity index (χ1) is 8.39. The highest BCUT2D eigenvalue weighted by Gasteiger charge is 2.42. The zero-order chi connectivity index (χ0) is 15.4. The molecular formula is C15H33N3O. The van der Waals surface area contributed by atoms with Gasteiger partial charge in [0.15, 0.2) is 0 Å². The van der Waals surface area contributed by atoms with E-state index in [-0.39, 0.29) is 5.91 Å². The summed E-state index contributed by atoms with van der Waals surface area (Å²) in [7, 11) is 4.05. The molecule has 0 radical (unpaired) electrons. The minimum absolute atomic E-state index is 0.149. The molecule has 0 heterocycles. The Morgan fingerprint density at radius 1 is 1.11 bits per heavy atom. The molecule has 0 unspecified atom stereocenters. The van der Waals surface area contributed by atoms with Gasteiger partial charge in [0.1, 0.15) is 0 Å². The van der Waals surface area contributed by atoms with Crippen molar-refractivity contribution in [3.63, 3.8) is 0 Å². The fraction of sp³-hybridized carbons (Fsp3) is 0.933. The van der Waals surface area contributed by atoms with Crippen molar-refractivity contribution < 1.29 is 4.79 Å². The summed E-state index contributed by atoms with van der Waals surface area (Å²) < 4.78 is 0. The summed E-state index contributed by atoms with van der Waals surface area (Å²) >= 11 is 0. The Hall–Kier alpha value is -0.610. The molecule has 0 saturated carbocycles. The third-order valence-corrected chi connectivity index (χ3v) is 3.84. The van der Waals surface area contributed by atoms with Crippen molar-refractivity contribution in [2.75, 3.05) is 33.7 Å². The summed E-state index contributed by atoms with van der Waals surface area (Å²) in [6.45, 7) is 14.4. The molecule has 114 valence electrons. The van der Waals surface area contributed by atoms with Gasteiger partial charge in [-0.05, 0) is 47.7 Å². The Labute approximate surface area is 119 Å². The van der Waals surface area contributed by atoms with Crippen molar-refractivity contribution in [3.05, 3.63) is 0 Å². The molecule has 1 amide bonds. The Balaban J connectivity index is 4.99. The Kier molecular flexibility index (Phi) is 6.49. The van der Waals surface area contributed by atoms with Crippen LogP contribution in [-0.4, -0.2) is 55.0 Å². The lowest BCUT2D eigenvalue weighted by Gasteiger charge is -2.41. The van der Waals surface area contributed by atoms with E-state index in [1.165, 1.54) is 0 Å². The normalized spacial score (nSPS) is 13.2. The molecule has 0 spiro atoms. The van der Waals surface area contributed by atoms with Crippen molar-refractivity contribution in [2.24, 2.45) is 17.1 Å². The van der Waals surface area contributed by atoms with Crippen LogP contribution in [0.3, 0.4) is 0 Å². The van der Waals surface area contributed by atoms with E-state index in [1.807, 2.05) is 46.7 Å². The fourth-order valence-electron chi connectivity index (χ4n) is 1.71. The third kappa shape index (κ3) is 5.49. The summed E-state index contributed by atoms with van der Waals surface area (Å²) in [4.78, 5) is 16.8. The first-order valence-electron chi connectivity index (χ1n) is 7.12. The van der Waals surface area contributed by atoms with Gasteiger partial charge in [0.05, 0.1) is 5.41 Å². The first-order valence-corrected chi connectivity index (χ1v) is 7.12. The molecule has 0 atom stereocenters. The SMILES string of the molecule is CC(C)CN(CCN(C)C)C(=O)C(C)(C)C(C)(C)N. The Morgan fingerprint density at radius 3 is 1.89 bits per heavy atom. The number of carbonyl (C=O) groups excluding carboxylic acids is 1. The van der Waals surface area contributed by atoms with E-state index < -0.39 is 11.0 Å². The predicted molar refractivity (Wildman–Crippen MR) is 82.0 cm³/mol. The number of hydrogen-bond donors (Lipinski definition) is 1.